The van der Waals surface area contributed by atoms with Gasteiger partial charge in [0, 0.05) is 26.1 Å². The van der Waals surface area contributed by atoms with Crippen molar-refractivity contribution in [2.75, 3.05) is 26.2 Å². The summed E-state index contributed by atoms with van der Waals surface area (Å²) in [5.41, 5.74) is 3.19. The van der Waals surface area contributed by atoms with Crippen molar-refractivity contribution in [1.82, 2.24) is 20.2 Å². The summed E-state index contributed by atoms with van der Waals surface area (Å²) in [6.45, 7) is 4.61. The van der Waals surface area contributed by atoms with E-state index in [2.05, 4.69) is 20.2 Å². The van der Waals surface area contributed by atoms with Crippen LogP contribution in [0.15, 0.2) is 18.2 Å². The van der Waals surface area contributed by atoms with Crippen molar-refractivity contribution in [2.45, 2.75) is 32.3 Å². The number of carbonyl (C=O) groups is 1. The molecule has 0 spiro atoms. The van der Waals surface area contributed by atoms with Gasteiger partial charge >= 0.3 is 0 Å². The molecular weight excluding hydrogens is 292 g/mol. The van der Waals surface area contributed by atoms with E-state index in [4.69, 9.17) is 0 Å². The minimum absolute atomic E-state index is 0.0358. The summed E-state index contributed by atoms with van der Waals surface area (Å²) < 4.78 is 0. The fourth-order valence-electron chi connectivity index (χ4n) is 3.00. The number of aromatic amines is 1. The highest BCUT2D eigenvalue weighted by atomic mass is 16.3. The number of nitrogens with one attached hydrogen (secondary N) is 2. The zero-order valence-electron chi connectivity index (χ0n) is 13.5. The number of aromatic nitrogens is 2. The van der Waals surface area contributed by atoms with Crippen LogP contribution in [0.5, 0.6) is 0 Å². The number of amides is 1. The van der Waals surface area contributed by atoms with Gasteiger partial charge in [-0.05, 0) is 31.4 Å². The second kappa shape index (κ2) is 7.10. The lowest BCUT2D eigenvalue weighted by atomic mass is 10.1. The number of likely N-dealkylation sites (tertiary alicyclic amines) is 1. The smallest absolute Gasteiger partial charge is 0.234 e. The molecule has 0 saturated carbocycles. The Morgan fingerprint density at radius 2 is 2.22 bits per heavy atom. The van der Waals surface area contributed by atoms with E-state index in [1.54, 1.807) is 0 Å². The highest BCUT2D eigenvalue weighted by Crippen LogP contribution is 2.15. The number of H-pyrrole nitrogens is 1. The van der Waals surface area contributed by atoms with Crippen LogP contribution in [0.1, 0.15) is 24.2 Å². The zero-order chi connectivity index (χ0) is 16.2. The van der Waals surface area contributed by atoms with Gasteiger partial charge in [0.2, 0.25) is 5.91 Å². The summed E-state index contributed by atoms with van der Waals surface area (Å²) in [6, 6.07) is 6.07. The van der Waals surface area contributed by atoms with E-state index < -0.39 is 0 Å². The van der Waals surface area contributed by atoms with Crippen molar-refractivity contribution < 1.29 is 9.90 Å². The van der Waals surface area contributed by atoms with Crippen LogP contribution in [0.3, 0.4) is 0 Å². The number of hydrogen-bond donors (Lipinski definition) is 3. The topological polar surface area (TPSA) is 81.2 Å². The first-order valence-electron chi connectivity index (χ1n) is 8.23. The molecule has 1 amide bonds. The maximum atomic E-state index is 12.0. The van der Waals surface area contributed by atoms with Crippen LogP contribution in [0.4, 0.5) is 0 Å². The number of imidazole rings is 1. The molecule has 1 aliphatic heterocycles. The molecule has 1 aromatic heterocycles. The largest absolute Gasteiger partial charge is 0.393 e. The molecule has 3 rings (SSSR count). The van der Waals surface area contributed by atoms with Crippen LogP contribution in [0.2, 0.25) is 0 Å². The minimum atomic E-state index is -0.203. The standard InChI is InChI=1S/C17H24N4O2/c1-12-3-2-4-14-17(12)20-15(19-14)5-8-18-16(23)11-21-9-6-13(22)7-10-21/h2-4,13,22H,5-11H2,1H3,(H,18,23)(H,19,20). The maximum Gasteiger partial charge on any atom is 0.234 e. The van der Waals surface area contributed by atoms with Gasteiger partial charge in [0.1, 0.15) is 5.82 Å². The maximum absolute atomic E-state index is 12.0. The Morgan fingerprint density at radius 3 is 2.96 bits per heavy atom. The van der Waals surface area contributed by atoms with Crippen molar-refractivity contribution in [3.8, 4) is 0 Å². The quantitative estimate of drug-likeness (QED) is 0.768. The van der Waals surface area contributed by atoms with E-state index in [0.29, 0.717) is 19.5 Å². The number of piperidine rings is 1. The lowest BCUT2D eigenvalue weighted by molar-refractivity contribution is -0.122. The van der Waals surface area contributed by atoms with Gasteiger partial charge in [0.05, 0.1) is 23.7 Å². The third-order valence-corrected chi connectivity index (χ3v) is 4.37. The average molecular weight is 316 g/mol. The van der Waals surface area contributed by atoms with Crippen LogP contribution in [0.25, 0.3) is 11.0 Å². The molecule has 0 unspecified atom stereocenters. The van der Waals surface area contributed by atoms with Gasteiger partial charge < -0.3 is 15.4 Å². The monoisotopic (exact) mass is 316 g/mol. The molecule has 6 nitrogen and oxygen atoms in total. The van der Waals surface area contributed by atoms with Gasteiger partial charge in [-0.25, -0.2) is 4.98 Å². The number of hydrogen-bond acceptors (Lipinski definition) is 4. The Morgan fingerprint density at radius 1 is 1.43 bits per heavy atom. The number of benzene rings is 1. The predicted molar refractivity (Wildman–Crippen MR) is 89.2 cm³/mol. The van der Waals surface area contributed by atoms with Gasteiger partial charge in [-0.3, -0.25) is 9.69 Å². The molecule has 23 heavy (non-hydrogen) atoms. The van der Waals surface area contributed by atoms with E-state index in [1.165, 1.54) is 0 Å². The Hall–Kier alpha value is -1.92. The number of nitrogens with zero attached hydrogens (tertiary/aromatic N) is 2. The highest BCUT2D eigenvalue weighted by molar-refractivity contribution is 5.79. The number of aliphatic hydroxyl groups excluding tert-OH is 1. The first-order chi connectivity index (χ1) is 11.1. The summed E-state index contributed by atoms with van der Waals surface area (Å²) in [4.78, 5) is 21.9. The van der Waals surface area contributed by atoms with E-state index in [-0.39, 0.29) is 12.0 Å². The van der Waals surface area contributed by atoms with Gasteiger partial charge in [-0.2, -0.15) is 0 Å². The van der Waals surface area contributed by atoms with Gasteiger partial charge in [0.15, 0.2) is 0 Å². The molecule has 3 N–H and O–H groups in total. The molecule has 0 bridgehead atoms. The number of fused-ring (bicyclic) bond motifs is 1. The number of rotatable bonds is 5. The lowest BCUT2D eigenvalue weighted by Gasteiger charge is -2.28. The molecule has 0 radical (unpaired) electrons. The molecule has 0 atom stereocenters. The van der Waals surface area contributed by atoms with E-state index in [0.717, 1.165) is 48.4 Å². The Kier molecular flexibility index (Phi) is 4.93. The molecule has 1 aliphatic rings. The Labute approximate surface area is 135 Å². The van der Waals surface area contributed by atoms with E-state index >= 15 is 0 Å². The summed E-state index contributed by atoms with van der Waals surface area (Å²) >= 11 is 0. The number of para-hydroxylation sites is 1. The van der Waals surface area contributed by atoms with Gasteiger partial charge in [0.25, 0.3) is 0 Å². The molecule has 124 valence electrons. The van der Waals surface area contributed by atoms with Crippen LogP contribution in [-0.2, 0) is 11.2 Å². The van der Waals surface area contributed by atoms with E-state index in [1.807, 2.05) is 25.1 Å². The summed E-state index contributed by atoms with van der Waals surface area (Å²) in [6.07, 6.45) is 2.00. The van der Waals surface area contributed by atoms with E-state index in [9.17, 15) is 9.90 Å². The van der Waals surface area contributed by atoms with Crippen LogP contribution in [0, 0.1) is 6.92 Å². The first kappa shape index (κ1) is 16.0. The fourth-order valence-corrected chi connectivity index (χ4v) is 3.00. The second-order valence-corrected chi connectivity index (χ2v) is 6.26. The molecule has 1 fully saturated rings. The first-order valence-corrected chi connectivity index (χ1v) is 8.23. The van der Waals surface area contributed by atoms with Gasteiger partial charge in [-0.1, -0.05) is 12.1 Å². The molecular formula is C17H24N4O2. The van der Waals surface area contributed by atoms with Crippen molar-refractivity contribution in [3.63, 3.8) is 0 Å². The molecule has 1 saturated heterocycles. The molecule has 6 heteroatoms. The second-order valence-electron chi connectivity index (χ2n) is 6.26. The lowest BCUT2D eigenvalue weighted by Crippen LogP contribution is -2.43. The van der Waals surface area contributed by atoms with Crippen LogP contribution < -0.4 is 5.32 Å². The summed E-state index contributed by atoms with van der Waals surface area (Å²) in [5.74, 6) is 0.935. The molecule has 0 aliphatic carbocycles. The predicted octanol–water partition coefficient (Wildman–Crippen LogP) is 0.987. The number of aryl methyl sites for hydroxylation is 1. The molecule has 2 heterocycles. The Balaban J connectivity index is 1.45. The van der Waals surface area contributed by atoms with Crippen LogP contribution in [-0.4, -0.2) is 58.2 Å². The van der Waals surface area contributed by atoms with Crippen molar-refractivity contribution >= 4 is 16.9 Å². The fraction of sp³-hybridized carbons (Fsp3) is 0.529. The zero-order valence-corrected chi connectivity index (χ0v) is 13.5. The Bertz CT molecular complexity index is 674. The summed E-state index contributed by atoms with van der Waals surface area (Å²) in [7, 11) is 0. The number of aliphatic hydroxyl groups is 1. The summed E-state index contributed by atoms with van der Waals surface area (Å²) in [5, 5.41) is 12.4. The van der Waals surface area contributed by atoms with Crippen molar-refractivity contribution in [3.05, 3.63) is 29.6 Å². The average Bonchev–Trinajstić information content (AvgIpc) is 2.94. The number of carbonyl (C=O) groups excluding carboxylic acids is 1. The normalized spacial score (nSPS) is 16.8. The molecule has 2 aromatic rings. The third-order valence-electron chi connectivity index (χ3n) is 4.37. The van der Waals surface area contributed by atoms with Gasteiger partial charge in [-0.15, -0.1) is 0 Å². The minimum Gasteiger partial charge on any atom is -0.393 e. The SMILES string of the molecule is Cc1cccc2[nH]c(CCNC(=O)CN3CCC(O)CC3)nc12. The third kappa shape index (κ3) is 4.09. The van der Waals surface area contributed by atoms with Crippen LogP contribution >= 0.6 is 0 Å². The molecule has 1 aromatic carbocycles. The highest BCUT2D eigenvalue weighted by Gasteiger charge is 2.18. The van der Waals surface area contributed by atoms with Crippen molar-refractivity contribution in [2.24, 2.45) is 0 Å². The van der Waals surface area contributed by atoms with Crippen molar-refractivity contribution in [1.29, 1.82) is 0 Å².